The fraction of sp³-hybridized carbons (Fsp3) is 0. The fourth-order valence-electron chi connectivity index (χ4n) is 2.01. The molecule has 0 aliphatic carbocycles. The van der Waals surface area contributed by atoms with Crippen LogP contribution in [0.1, 0.15) is 11.1 Å². The van der Waals surface area contributed by atoms with E-state index >= 15 is 0 Å². The third-order valence-electron chi connectivity index (χ3n) is 2.98. The van der Waals surface area contributed by atoms with Gasteiger partial charge in [-0.3, -0.25) is 0 Å². The molecule has 0 aromatic heterocycles. The Morgan fingerprint density at radius 1 is 0.950 bits per heavy atom. The van der Waals surface area contributed by atoms with Crippen molar-refractivity contribution in [3.8, 4) is 0 Å². The average molecular weight is 374 g/mol. The quantitative estimate of drug-likeness (QED) is 0.580. The van der Waals surface area contributed by atoms with Crippen molar-refractivity contribution in [1.82, 2.24) is 0 Å². The smallest absolute Gasteiger partial charge is 0.344 e. The van der Waals surface area contributed by atoms with Crippen LogP contribution in [-0.4, -0.2) is 5.97 Å². The lowest BCUT2D eigenvalue weighted by atomic mass is 10.1. The molecule has 0 unspecified atom stereocenters. The molecule has 0 N–H and O–H groups in total. The van der Waals surface area contributed by atoms with Gasteiger partial charge >= 0.3 is 5.97 Å². The van der Waals surface area contributed by atoms with Crippen molar-refractivity contribution in [2.45, 2.75) is 0 Å². The number of carbonyl (C=O) groups excluding carboxylic acids is 1. The molecule has 0 amide bonds. The zero-order valence-electron chi connectivity index (χ0n) is 10.5. The van der Waals surface area contributed by atoms with Crippen LogP contribution in [0.2, 0.25) is 0 Å². The third-order valence-corrected chi connectivity index (χ3v) is 3.70. The average Bonchev–Trinajstić information content (AvgIpc) is 2.83. The molecule has 2 nitrogen and oxygen atoms in total. The summed E-state index contributed by atoms with van der Waals surface area (Å²) in [6.45, 7) is 0. The van der Waals surface area contributed by atoms with Crippen LogP contribution in [0.4, 0.5) is 0 Å². The number of allylic oxidation sites excluding steroid dienone is 1. The molecule has 3 heteroatoms. The maximum atomic E-state index is 11.9. The minimum atomic E-state index is -0.298. The predicted molar refractivity (Wildman–Crippen MR) is 87.6 cm³/mol. The zero-order chi connectivity index (χ0) is 13.9. The molecule has 1 heterocycles. The molecular weight excluding hydrogens is 363 g/mol. The second kappa shape index (κ2) is 5.63. The Bertz CT molecular complexity index is 698. The van der Waals surface area contributed by atoms with Crippen LogP contribution in [-0.2, 0) is 9.53 Å². The summed E-state index contributed by atoms with van der Waals surface area (Å²) < 4.78 is 6.46. The van der Waals surface area contributed by atoms with Crippen LogP contribution in [0.3, 0.4) is 0 Å². The molecule has 0 fully saturated rings. The molecule has 20 heavy (non-hydrogen) atoms. The topological polar surface area (TPSA) is 26.3 Å². The molecule has 1 aliphatic rings. The summed E-state index contributed by atoms with van der Waals surface area (Å²) in [6, 6.07) is 17.6. The van der Waals surface area contributed by atoms with E-state index in [-0.39, 0.29) is 5.97 Å². The molecule has 0 spiro atoms. The van der Waals surface area contributed by atoms with Gasteiger partial charge in [0.2, 0.25) is 0 Å². The summed E-state index contributed by atoms with van der Waals surface area (Å²) in [5, 5.41) is 0. The van der Waals surface area contributed by atoms with E-state index in [9.17, 15) is 4.79 Å². The number of hydrogen-bond donors (Lipinski definition) is 0. The molecule has 0 bridgehead atoms. The van der Waals surface area contributed by atoms with E-state index in [0.29, 0.717) is 11.3 Å². The van der Waals surface area contributed by atoms with Crippen LogP contribution in [0.15, 0.2) is 66.4 Å². The van der Waals surface area contributed by atoms with Gasteiger partial charge in [0.15, 0.2) is 0 Å². The van der Waals surface area contributed by atoms with Gasteiger partial charge in [-0.25, -0.2) is 4.79 Å². The van der Waals surface area contributed by atoms with Gasteiger partial charge in [0, 0.05) is 3.57 Å². The van der Waals surface area contributed by atoms with Crippen LogP contribution < -0.4 is 0 Å². The first-order chi connectivity index (χ1) is 9.72. The minimum Gasteiger partial charge on any atom is -0.423 e. The SMILES string of the molecule is O=C1O/C(=C\c2ccc(I)cc2)C=C1c1ccccc1. The number of esters is 1. The van der Waals surface area contributed by atoms with Crippen molar-refractivity contribution in [1.29, 1.82) is 0 Å². The monoisotopic (exact) mass is 374 g/mol. The zero-order valence-corrected chi connectivity index (χ0v) is 12.7. The molecule has 2 aromatic carbocycles. The highest BCUT2D eigenvalue weighted by Crippen LogP contribution is 2.27. The fourth-order valence-corrected chi connectivity index (χ4v) is 2.37. The van der Waals surface area contributed by atoms with Crippen molar-refractivity contribution < 1.29 is 9.53 Å². The summed E-state index contributed by atoms with van der Waals surface area (Å²) in [5.74, 6) is 0.281. The Kier molecular flexibility index (Phi) is 3.69. The molecule has 0 saturated carbocycles. The van der Waals surface area contributed by atoms with Crippen LogP contribution in [0, 0.1) is 3.57 Å². The number of halogens is 1. The highest BCUT2D eigenvalue weighted by molar-refractivity contribution is 14.1. The standard InChI is InChI=1S/C17H11IO2/c18-14-8-6-12(7-9-14)10-15-11-16(17(19)20-15)13-4-2-1-3-5-13/h1-11H/b15-10-. The molecular formula is C17H11IO2. The molecule has 2 aromatic rings. The van der Waals surface area contributed by atoms with Crippen molar-refractivity contribution in [3.05, 3.63) is 81.1 Å². The predicted octanol–water partition coefficient (Wildman–Crippen LogP) is 4.27. The number of benzene rings is 2. The highest BCUT2D eigenvalue weighted by Gasteiger charge is 2.22. The van der Waals surface area contributed by atoms with Gasteiger partial charge in [0.05, 0.1) is 5.57 Å². The highest BCUT2D eigenvalue weighted by atomic mass is 127. The van der Waals surface area contributed by atoms with Gasteiger partial charge in [0.1, 0.15) is 5.76 Å². The van der Waals surface area contributed by atoms with Gasteiger partial charge in [-0.15, -0.1) is 0 Å². The van der Waals surface area contributed by atoms with E-state index in [1.807, 2.05) is 60.7 Å². The maximum Gasteiger partial charge on any atom is 0.344 e. The van der Waals surface area contributed by atoms with E-state index in [1.165, 1.54) is 3.57 Å². The largest absolute Gasteiger partial charge is 0.423 e. The second-order valence-electron chi connectivity index (χ2n) is 4.41. The molecule has 98 valence electrons. The van der Waals surface area contributed by atoms with Crippen molar-refractivity contribution in [2.24, 2.45) is 0 Å². The van der Waals surface area contributed by atoms with Crippen molar-refractivity contribution in [3.63, 3.8) is 0 Å². The Labute approximate surface area is 130 Å². The molecule has 0 radical (unpaired) electrons. The van der Waals surface area contributed by atoms with Gasteiger partial charge in [0.25, 0.3) is 0 Å². The summed E-state index contributed by atoms with van der Waals surface area (Å²) in [4.78, 5) is 11.9. The summed E-state index contributed by atoms with van der Waals surface area (Å²) in [5.41, 5.74) is 2.49. The lowest BCUT2D eigenvalue weighted by Crippen LogP contribution is -1.97. The van der Waals surface area contributed by atoms with Crippen LogP contribution >= 0.6 is 22.6 Å². The number of rotatable bonds is 2. The Morgan fingerprint density at radius 2 is 1.65 bits per heavy atom. The van der Waals surface area contributed by atoms with Crippen molar-refractivity contribution in [2.75, 3.05) is 0 Å². The Morgan fingerprint density at radius 3 is 2.35 bits per heavy atom. The van der Waals surface area contributed by atoms with Crippen LogP contribution in [0.25, 0.3) is 11.6 Å². The van der Waals surface area contributed by atoms with E-state index in [0.717, 1.165) is 11.1 Å². The van der Waals surface area contributed by atoms with Gasteiger partial charge in [-0.1, -0.05) is 42.5 Å². The maximum absolute atomic E-state index is 11.9. The first-order valence-electron chi connectivity index (χ1n) is 6.19. The third kappa shape index (κ3) is 2.82. The molecule has 0 atom stereocenters. The number of cyclic esters (lactones) is 1. The first-order valence-corrected chi connectivity index (χ1v) is 7.27. The van der Waals surface area contributed by atoms with Crippen LogP contribution in [0.5, 0.6) is 0 Å². The van der Waals surface area contributed by atoms with E-state index in [2.05, 4.69) is 22.6 Å². The second-order valence-corrected chi connectivity index (χ2v) is 5.66. The number of ether oxygens (including phenoxy) is 1. The Balaban J connectivity index is 1.92. The van der Waals surface area contributed by atoms with E-state index < -0.39 is 0 Å². The molecule has 1 aliphatic heterocycles. The van der Waals surface area contributed by atoms with Gasteiger partial charge in [-0.05, 0) is 58.0 Å². The van der Waals surface area contributed by atoms with Gasteiger partial charge < -0.3 is 4.74 Å². The minimum absolute atomic E-state index is 0.298. The van der Waals surface area contributed by atoms with E-state index in [4.69, 9.17) is 4.74 Å². The summed E-state index contributed by atoms with van der Waals surface area (Å²) in [6.07, 6.45) is 3.65. The lowest BCUT2D eigenvalue weighted by Gasteiger charge is -1.98. The lowest BCUT2D eigenvalue weighted by molar-refractivity contribution is -0.131. The first kappa shape index (κ1) is 13.1. The normalized spacial score (nSPS) is 16.1. The molecule has 0 saturated heterocycles. The Hall–Kier alpha value is -1.88. The summed E-state index contributed by atoms with van der Waals surface area (Å²) >= 11 is 2.26. The summed E-state index contributed by atoms with van der Waals surface area (Å²) in [7, 11) is 0. The van der Waals surface area contributed by atoms with Crippen molar-refractivity contribution >= 4 is 40.2 Å². The number of hydrogen-bond acceptors (Lipinski definition) is 2. The van der Waals surface area contributed by atoms with E-state index in [1.54, 1.807) is 6.08 Å². The molecule has 3 rings (SSSR count). The van der Waals surface area contributed by atoms with Gasteiger partial charge in [-0.2, -0.15) is 0 Å². The number of carbonyl (C=O) groups is 1.